The topological polar surface area (TPSA) is 111 Å². The number of nitrogens with one attached hydrogen (secondary N) is 2. The minimum Gasteiger partial charge on any atom is -0.489 e. The summed E-state index contributed by atoms with van der Waals surface area (Å²) in [7, 11) is 2.11. The van der Waals surface area contributed by atoms with E-state index in [0.717, 1.165) is 42.7 Å². The number of carbonyl (C=O) groups excluding carboxylic acids is 1. The molecule has 1 amide bonds. The lowest BCUT2D eigenvalue weighted by molar-refractivity contribution is -0.122. The van der Waals surface area contributed by atoms with E-state index in [1.54, 1.807) is 0 Å². The third kappa shape index (κ3) is 4.41. The number of benzene rings is 1. The van der Waals surface area contributed by atoms with Crippen LogP contribution >= 0.6 is 0 Å². The third-order valence-electron chi connectivity index (χ3n) is 6.37. The molecule has 1 aromatic heterocycles. The molecule has 2 bridgehead atoms. The van der Waals surface area contributed by atoms with Crippen LogP contribution in [-0.4, -0.2) is 89.4 Å². The first kappa shape index (κ1) is 20.6. The zero-order valence-corrected chi connectivity index (χ0v) is 17.2. The first-order valence-corrected chi connectivity index (χ1v) is 10.5. The summed E-state index contributed by atoms with van der Waals surface area (Å²) in [5, 5.41) is 18.3. The molecule has 9 nitrogen and oxygen atoms in total. The highest BCUT2D eigenvalue weighted by Gasteiger charge is 2.35. The second kappa shape index (κ2) is 9.01. The van der Waals surface area contributed by atoms with E-state index >= 15 is 0 Å². The lowest BCUT2D eigenvalue weighted by Crippen LogP contribution is -2.57. The van der Waals surface area contributed by atoms with Crippen LogP contribution in [0.15, 0.2) is 18.2 Å². The van der Waals surface area contributed by atoms with Gasteiger partial charge >= 0.3 is 0 Å². The minimum absolute atomic E-state index is 0.0777. The van der Waals surface area contributed by atoms with Gasteiger partial charge in [0, 0.05) is 37.1 Å². The van der Waals surface area contributed by atoms with Gasteiger partial charge in [-0.15, -0.1) is 0 Å². The number of likely N-dealkylation sites (tertiary alicyclic amines) is 1. The van der Waals surface area contributed by atoms with Crippen molar-refractivity contribution in [3.8, 4) is 5.75 Å². The van der Waals surface area contributed by atoms with Crippen molar-refractivity contribution in [2.45, 2.75) is 31.4 Å². The van der Waals surface area contributed by atoms with E-state index in [0.29, 0.717) is 11.6 Å². The van der Waals surface area contributed by atoms with Crippen molar-refractivity contribution in [3.05, 3.63) is 23.9 Å². The number of likely N-dealkylation sites (N-methyl/N-ethyl adjacent to an activating group) is 1. The second-order valence-corrected chi connectivity index (χ2v) is 8.39. The van der Waals surface area contributed by atoms with Crippen LogP contribution in [0.1, 0.15) is 29.8 Å². The number of aromatic nitrogens is 2. The van der Waals surface area contributed by atoms with Gasteiger partial charge in [0.2, 0.25) is 0 Å². The zero-order valence-electron chi connectivity index (χ0n) is 17.2. The van der Waals surface area contributed by atoms with Crippen molar-refractivity contribution in [3.63, 3.8) is 0 Å². The predicted octanol–water partition coefficient (Wildman–Crippen LogP) is 1.17. The standard InChI is InChI=1S/C20H27N5O2.CH2O2/c1-24-7-6-15(11-24)27-14-2-3-16-17(10-14)22-23-19(16)20(26)21-18-12-25-8-4-13(18)5-9-25;2-1-3/h2-3,10,13,15,18H,4-9,11-12H2,1H3,(H,21,26)(H,22,23);1H,(H,2,3)/t15-,18?;/m0./s1. The SMILES string of the molecule is CN1CC[C@H](Oc2ccc3c(C(=O)NC4CN5CCC4CC5)n[nH]c3c2)C1.O=CO. The molecule has 2 atom stereocenters. The summed E-state index contributed by atoms with van der Waals surface area (Å²) in [5.74, 6) is 1.36. The highest BCUT2D eigenvalue weighted by atomic mass is 16.5. The number of amides is 1. The van der Waals surface area contributed by atoms with Crippen molar-refractivity contribution < 1.29 is 19.4 Å². The van der Waals surface area contributed by atoms with E-state index in [2.05, 4.69) is 32.4 Å². The Balaban J connectivity index is 0.000000687. The summed E-state index contributed by atoms with van der Waals surface area (Å²) in [6.07, 6.45) is 3.65. The fourth-order valence-corrected chi connectivity index (χ4v) is 4.79. The highest BCUT2D eigenvalue weighted by Crippen LogP contribution is 2.28. The van der Waals surface area contributed by atoms with Gasteiger partial charge in [-0.3, -0.25) is 14.7 Å². The number of H-pyrrole nitrogens is 1. The van der Waals surface area contributed by atoms with E-state index in [1.165, 1.54) is 25.9 Å². The molecule has 30 heavy (non-hydrogen) atoms. The fraction of sp³-hybridized carbons (Fsp3) is 0.571. The molecule has 3 N–H and O–H groups in total. The molecule has 1 aromatic carbocycles. The molecule has 4 saturated heterocycles. The maximum Gasteiger partial charge on any atom is 0.290 e. The molecule has 0 saturated carbocycles. The summed E-state index contributed by atoms with van der Waals surface area (Å²) < 4.78 is 6.08. The molecule has 9 heteroatoms. The van der Waals surface area contributed by atoms with Crippen LogP contribution in [0, 0.1) is 5.92 Å². The average Bonchev–Trinajstić information content (AvgIpc) is 3.35. The van der Waals surface area contributed by atoms with Crippen LogP contribution < -0.4 is 10.1 Å². The van der Waals surface area contributed by atoms with Crippen LogP contribution in [-0.2, 0) is 4.79 Å². The Morgan fingerprint density at radius 2 is 2.03 bits per heavy atom. The van der Waals surface area contributed by atoms with Crippen LogP contribution in [0.3, 0.4) is 0 Å². The molecule has 0 spiro atoms. The van der Waals surface area contributed by atoms with Crippen LogP contribution in [0.2, 0.25) is 0 Å². The Bertz CT molecular complexity index is 893. The highest BCUT2D eigenvalue weighted by molar-refractivity contribution is 6.05. The fourth-order valence-electron chi connectivity index (χ4n) is 4.79. The molecule has 1 unspecified atom stereocenters. The van der Waals surface area contributed by atoms with Crippen LogP contribution in [0.25, 0.3) is 10.9 Å². The van der Waals surface area contributed by atoms with Crippen LogP contribution in [0.5, 0.6) is 5.75 Å². The van der Waals surface area contributed by atoms with E-state index in [9.17, 15) is 4.79 Å². The summed E-state index contributed by atoms with van der Waals surface area (Å²) >= 11 is 0. The maximum atomic E-state index is 12.8. The van der Waals surface area contributed by atoms with Crippen molar-refractivity contribution >= 4 is 23.3 Å². The van der Waals surface area contributed by atoms with Gasteiger partial charge in [0.15, 0.2) is 5.69 Å². The Labute approximate surface area is 175 Å². The van der Waals surface area contributed by atoms with Crippen molar-refractivity contribution in [1.82, 2.24) is 25.3 Å². The molecule has 6 rings (SSSR count). The smallest absolute Gasteiger partial charge is 0.290 e. The van der Waals surface area contributed by atoms with Gasteiger partial charge < -0.3 is 25.0 Å². The maximum absolute atomic E-state index is 12.8. The van der Waals surface area contributed by atoms with Gasteiger partial charge in [0.25, 0.3) is 12.4 Å². The monoisotopic (exact) mass is 415 g/mol. The Kier molecular flexibility index (Phi) is 6.19. The van der Waals surface area contributed by atoms with Crippen LogP contribution in [0.4, 0.5) is 0 Å². The summed E-state index contributed by atoms with van der Waals surface area (Å²) in [5.41, 5.74) is 1.33. The number of carboxylic acid groups (broad SMARTS) is 1. The Morgan fingerprint density at radius 3 is 2.67 bits per heavy atom. The number of piperidine rings is 3. The van der Waals surface area contributed by atoms with Gasteiger partial charge in [-0.05, 0) is 57.5 Å². The van der Waals surface area contributed by atoms with Gasteiger partial charge in [-0.1, -0.05) is 0 Å². The number of hydrogen-bond acceptors (Lipinski definition) is 6. The zero-order chi connectivity index (χ0) is 21.1. The first-order valence-electron chi connectivity index (χ1n) is 10.5. The van der Waals surface area contributed by atoms with E-state index in [1.807, 2.05) is 18.2 Å². The van der Waals surface area contributed by atoms with Gasteiger partial charge in [0.1, 0.15) is 11.9 Å². The summed E-state index contributed by atoms with van der Waals surface area (Å²) in [6, 6.07) is 6.08. The van der Waals surface area contributed by atoms with Gasteiger partial charge in [-0.2, -0.15) is 5.10 Å². The number of rotatable bonds is 4. The molecule has 4 aliphatic heterocycles. The van der Waals surface area contributed by atoms with E-state index < -0.39 is 0 Å². The number of hydrogen-bond donors (Lipinski definition) is 3. The molecule has 4 fully saturated rings. The number of ether oxygens (including phenoxy) is 1. The number of nitrogens with zero attached hydrogens (tertiary/aromatic N) is 3. The van der Waals surface area contributed by atoms with Gasteiger partial charge in [0.05, 0.1) is 5.52 Å². The molecule has 2 aromatic rings. The number of fused-ring (bicyclic) bond motifs is 4. The molecule has 162 valence electrons. The van der Waals surface area contributed by atoms with Crippen molar-refractivity contribution in [2.75, 3.05) is 39.8 Å². The third-order valence-corrected chi connectivity index (χ3v) is 6.37. The number of aromatic amines is 1. The molecular formula is C21H29N5O4. The van der Waals surface area contributed by atoms with E-state index in [4.69, 9.17) is 14.6 Å². The molecular weight excluding hydrogens is 386 g/mol. The molecule has 4 aliphatic rings. The Morgan fingerprint density at radius 1 is 1.27 bits per heavy atom. The molecule has 0 radical (unpaired) electrons. The summed E-state index contributed by atoms with van der Waals surface area (Å²) in [4.78, 5) is 25.9. The average molecular weight is 415 g/mol. The lowest BCUT2D eigenvalue weighted by Gasteiger charge is -2.44. The molecule has 0 aliphatic carbocycles. The predicted molar refractivity (Wildman–Crippen MR) is 112 cm³/mol. The largest absolute Gasteiger partial charge is 0.489 e. The number of carbonyl (C=O) groups is 2. The Hall–Kier alpha value is -2.65. The summed E-state index contributed by atoms with van der Waals surface area (Å²) in [6.45, 7) is 5.07. The second-order valence-electron chi connectivity index (χ2n) is 8.39. The normalized spacial score (nSPS) is 28.0. The van der Waals surface area contributed by atoms with Crippen molar-refractivity contribution in [1.29, 1.82) is 0 Å². The van der Waals surface area contributed by atoms with E-state index in [-0.39, 0.29) is 24.5 Å². The lowest BCUT2D eigenvalue weighted by atomic mass is 9.84. The van der Waals surface area contributed by atoms with Gasteiger partial charge in [-0.25, -0.2) is 0 Å². The quantitative estimate of drug-likeness (QED) is 0.643. The molecule has 5 heterocycles. The minimum atomic E-state index is -0.250. The first-order chi connectivity index (χ1) is 14.6. The van der Waals surface area contributed by atoms with Crippen molar-refractivity contribution in [2.24, 2.45) is 5.92 Å².